The molecule has 9 nitrogen and oxygen atoms in total. The number of benzene rings is 3. The van der Waals surface area contributed by atoms with E-state index in [0.29, 0.717) is 12.0 Å². The average Bonchev–Trinajstić information content (AvgIpc) is 3.36. The average molecular weight is 544 g/mol. The number of H-pyrrole nitrogens is 1. The van der Waals surface area contributed by atoms with Crippen LogP contribution in [0.25, 0.3) is 0 Å². The molecule has 1 aliphatic rings. The molecular formula is C31H33N3O6. The van der Waals surface area contributed by atoms with E-state index in [4.69, 9.17) is 24.7 Å². The number of nitrogens with zero attached hydrogens (tertiary/aromatic N) is 1. The molecule has 0 saturated carbocycles. The lowest BCUT2D eigenvalue weighted by Gasteiger charge is -2.37. The smallest absolute Gasteiger partial charge is 0.330 e. The van der Waals surface area contributed by atoms with Crippen LogP contribution in [0.1, 0.15) is 34.9 Å². The van der Waals surface area contributed by atoms with Gasteiger partial charge >= 0.3 is 5.69 Å². The van der Waals surface area contributed by atoms with Crippen LogP contribution >= 0.6 is 0 Å². The van der Waals surface area contributed by atoms with Crippen LogP contribution in [0.2, 0.25) is 0 Å². The summed E-state index contributed by atoms with van der Waals surface area (Å²) in [6.07, 6.45) is 0.761. The van der Waals surface area contributed by atoms with Crippen molar-refractivity contribution in [3.63, 3.8) is 0 Å². The highest BCUT2D eigenvalue weighted by atomic mass is 16.6. The maximum atomic E-state index is 12.5. The van der Waals surface area contributed by atoms with E-state index in [-0.39, 0.29) is 6.61 Å². The van der Waals surface area contributed by atoms with Gasteiger partial charge in [-0.1, -0.05) is 54.6 Å². The number of hydrogen-bond acceptors (Lipinski definition) is 7. The zero-order valence-electron chi connectivity index (χ0n) is 22.7. The number of aryl methyl sites for hydroxylation is 1. The lowest BCUT2D eigenvalue weighted by molar-refractivity contribution is -0.0797. The maximum Gasteiger partial charge on any atom is 0.330 e. The predicted molar refractivity (Wildman–Crippen MR) is 151 cm³/mol. The summed E-state index contributed by atoms with van der Waals surface area (Å²) in [5, 5.41) is 0. The van der Waals surface area contributed by atoms with E-state index in [2.05, 4.69) is 4.98 Å². The van der Waals surface area contributed by atoms with Gasteiger partial charge in [0.05, 0.1) is 26.9 Å². The van der Waals surface area contributed by atoms with E-state index < -0.39 is 35.2 Å². The minimum atomic E-state index is -1.02. The van der Waals surface area contributed by atoms with Crippen molar-refractivity contribution in [2.45, 2.75) is 37.3 Å². The number of aromatic amines is 1. The molecule has 40 heavy (non-hydrogen) atoms. The Labute approximate surface area is 232 Å². The maximum absolute atomic E-state index is 12.5. The molecule has 3 atom stereocenters. The van der Waals surface area contributed by atoms with Crippen LogP contribution in [0.4, 0.5) is 0 Å². The van der Waals surface area contributed by atoms with Crippen LogP contribution in [0.15, 0.2) is 94.6 Å². The highest BCUT2D eigenvalue weighted by molar-refractivity contribution is 5.49. The van der Waals surface area contributed by atoms with Gasteiger partial charge in [-0.3, -0.25) is 14.3 Å². The standard InChI is InChI=1S/C31H33N3O6/c1-20-18-34(30(36)33-29(20)35)28-17-26(32)27(40-28)19-39-31(21-7-5-4-6-8-21,22-9-13-24(37-2)14-10-22)23-11-15-25(38-3)16-12-23/h4-16,18,26-28H,17,19,32H2,1-3H3,(H,33,35,36)/t26-,27+,28+/m0/s1. The molecule has 1 fully saturated rings. The lowest BCUT2D eigenvalue weighted by atomic mass is 9.80. The third-order valence-corrected chi connectivity index (χ3v) is 7.38. The molecule has 0 aliphatic carbocycles. The Balaban J connectivity index is 1.54. The van der Waals surface area contributed by atoms with Crippen molar-refractivity contribution < 1.29 is 18.9 Å². The Bertz CT molecular complexity index is 1500. The van der Waals surface area contributed by atoms with E-state index in [1.807, 2.05) is 78.9 Å². The summed E-state index contributed by atoms with van der Waals surface area (Å²) in [5.41, 5.74) is 7.65. The van der Waals surface area contributed by atoms with E-state index >= 15 is 0 Å². The fourth-order valence-electron chi connectivity index (χ4n) is 5.17. The topological polar surface area (TPSA) is 118 Å². The van der Waals surface area contributed by atoms with Gasteiger partial charge in [0.1, 0.15) is 23.3 Å². The molecule has 1 aliphatic heterocycles. The van der Waals surface area contributed by atoms with Crippen LogP contribution in [-0.2, 0) is 15.1 Å². The number of nitrogens with one attached hydrogen (secondary N) is 1. The summed E-state index contributed by atoms with van der Waals surface area (Å²) in [6, 6.07) is 25.1. The molecular weight excluding hydrogens is 510 g/mol. The van der Waals surface area contributed by atoms with Crippen molar-refractivity contribution in [1.29, 1.82) is 0 Å². The molecule has 0 amide bonds. The Kier molecular flexibility index (Phi) is 7.88. The molecule has 5 rings (SSSR count). The summed E-state index contributed by atoms with van der Waals surface area (Å²) >= 11 is 0. The molecule has 2 heterocycles. The Morgan fingerprint density at radius 1 is 0.900 bits per heavy atom. The van der Waals surface area contributed by atoms with Crippen LogP contribution in [-0.4, -0.2) is 42.5 Å². The number of methoxy groups -OCH3 is 2. The Hall–Kier alpha value is -4.18. The summed E-state index contributed by atoms with van der Waals surface area (Å²) in [6.45, 7) is 1.78. The summed E-state index contributed by atoms with van der Waals surface area (Å²) in [5.74, 6) is 1.46. The molecule has 1 aromatic heterocycles. The zero-order chi connectivity index (χ0) is 28.3. The minimum absolute atomic E-state index is 0.141. The fourth-order valence-corrected chi connectivity index (χ4v) is 5.17. The van der Waals surface area contributed by atoms with Crippen molar-refractivity contribution in [2.75, 3.05) is 20.8 Å². The second-order valence-electron chi connectivity index (χ2n) is 9.82. The van der Waals surface area contributed by atoms with Gasteiger partial charge in [0.25, 0.3) is 5.56 Å². The molecule has 0 radical (unpaired) electrons. The Morgan fingerprint density at radius 3 is 2.00 bits per heavy atom. The first kappa shape index (κ1) is 27.4. The number of aromatic nitrogens is 2. The van der Waals surface area contributed by atoms with Crippen molar-refractivity contribution in [3.8, 4) is 11.5 Å². The molecule has 0 spiro atoms. The predicted octanol–water partition coefficient (Wildman–Crippen LogP) is 3.49. The van der Waals surface area contributed by atoms with Crippen molar-refractivity contribution in [3.05, 3.63) is 128 Å². The molecule has 9 heteroatoms. The number of rotatable bonds is 9. The first-order valence-corrected chi connectivity index (χ1v) is 13.1. The second-order valence-corrected chi connectivity index (χ2v) is 9.82. The van der Waals surface area contributed by atoms with Gasteiger partial charge in [0.15, 0.2) is 0 Å². The molecule has 0 bridgehead atoms. The van der Waals surface area contributed by atoms with E-state index in [1.54, 1.807) is 21.1 Å². The first-order chi connectivity index (χ1) is 19.3. The fraction of sp³-hybridized carbons (Fsp3) is 0.290. The highest BCUT2D eigenvalue weighted by Crippen LogP contribution is 2.42. The van der Waals surface area contributed by atoms with Gasteiger partial charge in [-0.15, -0.1) is 0 Å². The third kappa shape index (κ3) is 5.19. The van der Waals surface area contributed by atoms with Gasteiger partial charge in [-0.25, -0.2) is 4.79 Å². The zero-order valence-corrected chi connectivity index (χ0v) is 22.7. The second kappa shape index (κ2) is 11.5. The van der Waals surface area contributed by atoms with E-state index in [1.165, 1.54) is 10.8 Å². The van der Waals surface area contributed by atoms with Crippen molar-refractivity contribution in [2.24, 2.45) is 5.73 Å². The monoisotopic (exact) mass is 543 g/mol. The minimum Gasteiger partial charge on any atom is -0.497 e. The summed E-state index contributed by atoms with van der Waals surface area (Å²) in [7, 11) is 3.26. The van der Waals surface area contributed by atoms with Gasteiger partial charge in [-0.2, -0.15) is 0 Å². The molecule has 4 aromatic rings. The van der Waals surface area contributed by atoms with Gasteiger partial charge in [0.2, 0.25) is 0 Å². The summed E-state index contributed by atoms with van der Waals surface area (Å²) < 4.78 is 25.4. The largest absolute Gasteiger partial charge is 0.497 e. The van der Waals surface area contributed by atoms with E-state index in [9.17, 15) is 9.59 Å². The molecule has 0 unspecified atom stereocenters. The third-order valence-electron chi connectivity index (χ3n) is 7.38. The van der Waals surface area contributed by atoms with Crippen LogP contribution in [0, 0.1) is 6.92 Å². The Morgan fingerprint density at radius 2 is 1.45 bits per heavy atom. The van der Waals surface area contributed by atoms with Crippen LogP contribution < -0.4 is 26.5 Å². The molecule has 3 aromatic carbocycles. The SMILES string of the molecule is COc1ccc(C(OC[C@H]2O[C@@H](n3cc(C)c(=O)[nH]c3=O)C[C@@H]2N)(c2ccccc2)c2ccc(OC)cc2)cc1. The van der Waals surface area contributed by atoms with Gasteiger partial charge in [-0.05, 0) is 47.9 Å². The number of ether oxygens (including phenoxy) is 4. The normalized spacial score (nSPS) is 18.9. The van der Waals surface area contributed by atoms with Crippen molar-refractivity contribution in [1.82, 2.24) is 9.55 Å². The molecule has 208 valence electrons. The first-order valence-electron chi connectivity index (χ1n) is 13.1. The van der Waals surface area contributed by atoms with Gasteiger partial charge in [0, 0.05) is 24.2 Å². The van der Waals surface area contributed by atoms with Gasteiger partial charge < -0.3 is 24.7 Å². The lowest BCUT2D eigenvalue weighted by Crippen LogP contribution is -2.40. The summed E-state index contributed by atoms with van der Waals surface area (Å²) in [4.78, 5) is 26.7. The highest BCUT2D eigenvalue weighted by Gasteiger charge is 2.41. The van der Waals surface area contributed by atoms with Crippen LogP contribution in [0.5, 0.6) is 11.5 Å². The number of hydrogen-bond donors (Lipinski definition) is 2. The molecule has 3 N–H and O–H groups in total. The van der Waals surface area contributed by atoms with Crippen molar-refractivity contribution >= 4 is 0 Å². The quantitative estimate of drug-likeness (QED) is 0.310. The molecule has 1 saturated heterocycles. The van der Waals surface area contributed by atoms with E-state index in [0.717, 1.165) is 28.2 Å². The van der Waals surface area contributed by atoms with Crippen LogP contribution in [0.3, 0.4) is 0 Å². The number of nitrogens with two attached hydrogens (primary N) is 1.